The van der Waals surface area contributed by atoms with Crippen LogP contribution in [0.2, 0.25) is 0 Å². The Morgan fingerprint density at radius 3 is 1.67 bits per heavy atom. The second-order valence-electron chi connectivity index (χ2n) is 12.9. The summed E-state index contributed by atoms with van der Waals surface area (Å²) in [4.78, 5) is 2.41. The van der Waals surface area contributed by atoms with Gasteiger partial charge in [0.05, 0.1) is 0 Å². The molecule has 10 rings (SSSR count). The van der Waals surface area contributed by atoms with Crippen molar-refractivity contribution in [1.82, 2.24) is 0 Å². The molecule has 0 radical (unpaired) electrons. The van der Waals surface area contributed by atoms with E-state index in [2.05, 4.69) is 193 Å². The molecule has 0 saturated carbocycles. The van der Waals surface area contributed by atoms with Gasteiger partial charge in [-0.2, -0.15) is 0 Å². The Morgan fingerprint density at radius 1 is 0.388 bits per heavy atom. The van der Waals surface area contributed by atoms with Crippen molar-refractivity contribution in [2.45, 2.75) is 5.41 Å². The van der Waals surface area contributed by atoms with Crippen molar-refractivity contribution in [2.75, 3.05) is 4.90 Å². The van der Waals surface area contributed by atoms with Crippen LogP contribution >= 0.6 is 0 Å². The average Bonchev–Trinajstić information content (AvgIpc) is 3.71. The van der Waals surface area contributed by atoms with E-state index >= 15 is 0 Å². The molecule has 0 amide bonds. The molecule has 49 heavy (non-hydrogen) atoms. The van der Waals surface area contributed by atoms with Gasteiger partial charge in [0, 0.05) is 0 Å². The molecule has 230 valence electrons. The number of nitrogens with zero attached hydrogens (tertiary/aromatic N) is 1. The minimum atomic E-state index is -0.412. The Labute approximate surface area is 292 Å². The van der Waals surface area contributed by atoms with Crippen LogP contribution in [0.1, 0.15) is 22.3 Å². The maximum absolute atomic E-state index is 2.41. The normalized spacial score (nSPS) is 13.1. The molecule has 1 nitrogen and oxygen atoms in total. The van der Waals surface area contributed by atoms with Crippen LogP contribution in [0, 0.1) is 0 Å². The molecule has 0 spiro atoms. The van der Waals surface area contributed by atoms with E-state index in [0.29, 0.717) is 0 Å². The topological polar surface area (TPSA) is 3.24 Å². The zero-order valence-electron chi connectivity index (χ0n) is 26.8. The van der Waals surface area contributed by atoms with Crippen LogP contribution in [0.3, 0.4) is 0 Å². The van der Waals surface area contributed by atoms with E-state index in [1.807, 2.05) is 0 Å². The van der Waals surface area contributed by atoms with E-state index in [1.54, 1.807) is 0 Å². The monoisotopic (exact) mass is 689 g/mol. The summed E-state index contributed by atoms with van der Waals surface area (Å²) in [5, 5.41) is 5.43. The van der Waals surface area contributed by atoms with Crippen molar-refractivity contribution in [3.05, 3.63) is 210 Å². The van der Waals surface area contributed by atoms with Gasteiger partial charge in [0.15, 0.2) is 0 Å². The first-order valence-corrected chi connectivity index (χ1v) is 18.6. The predicted octanol–water partition coefficient (Wildman–Crippen LogP) is 12.0. The van der Waals surface area contributed by atoms with E-state index in [-0.39, 0.29) is 14.5 Å². The third-order valence-electron chi connectivity index (χ3n) is 10.3. The second kappa shape index (κ2) is 11.2. The Kier molecular flexibility index (Phi) is 6.49. The molecule has 0 aliphatic heterocycles. The molecular weight excluding hydrogens is 657 g/mol. The fourth-order valence-corrected chi connectivity index (χ4v) is 10.8. The van der Waals surface area contributed by atoms with Crippen molar-refractivity contribution in [3.63, 3.8) is 0 Å². The summed E-state index contributed by atoms with van der Waals surface area (Å²) in [6, 6.07) is 69.5. The minimum absolute atomic E-state index is 0.281. The van der Waals surface area contributed by atoms with E-state index < -0.39 is 5.41 Å². The van der Waals surface area contributed by atoms with Gasteiger partial charge in [-0.1, -0.05) is 54.6 Å². The zero-order chi connectivity index (χ0) is 32.4. The number of hydrogen-bond acceptors (Lipinski definition) is 1. The fourth-order valence-electron chi connectivity index (χ4n) is 8.23. The Hall–Kier alpha value is -5.66. The predicted molar refractivity (Wildman–Crippen MR) is 208 cm³/mol. The summed E-state index contributed by atoms with van der Waals surface area (Å²) in [6.07, 6.45) is 0. The number of anilines is 3. The van der Waals surface area contributed by atoms with Gasteiger partial charge in [-0.3, -0.25) is 0 Å². The van der Waals surface area contributed by atoms with Gasteiger partial charge in [-0.15, -0.1) is 0 Å². The van der Waals surface area contributed by atoms with Crippen molar-refractivity contribution < 1.29 is 0 Å². The summed E-state index contributed by atoms with van der Waals surface area (Å²) in [6.45, 7) is 0. The third-order valence-corrected chi connectivity index (χ3v) is 12.9. The molecule has 9 aromatic rings. The molecule has 2 heteroatoms. The maximum atomic E-state index is 2.41. The van der Waals surface area contributed by atoms with Crippen LogP contribution in [0.4, 0.5) is 17.1 Å². The van der Waals surface area contributed by atoms with Gasteiger partial charge < -0.3 is 0 Å². The van der Waals surface area contributed by atoms with Crippen LogP contribution in [-0.4, -0.2) is 14.5 Å². The molecule has 8 aromatic carbocycles. The van der Waals surface area contributed by atoms with Gasteiger partial charge >= 0.3 is 239 Å². The number of para-hydroxylation sites is 1. The molecule has 0 N–H and O–H groups in total. The van der Waals surface area contributed by atoms with Gasteiger partial charge in [0.25, 0.3) is 0 Å². The van der Waals surface area contributed by atoms with Crippen LogP contribution in [-0.2, 0) is 5.41 Å². The summed E-state index contributed by atoms with van der Waals surface area (Å²) >= 11 is 0.281. The van der Waals surface area contributed by atoms with E-state index in [9.17, 15) is 0 Å². The van der Waals surface area contributed by atoms with Gasteiger partial charge in [0.1, 0.15) is 0 Å². The van der Waals surface area contributed by atoms with Crippen LogP contribution in [0.25, 0.3) is 41.2 Å². The standard InChI is InChI=1S/C47H31NSe/c1-3-13-33(14-4-1)47(43-20-10-7-17-38(43)39-18-8-11-21-44(39)47)34-25-28-36(29-26-34)48(35-15-5-2-6-16-35)37-27-23-32-24-30-41-40-19-9-12-22-45(40)49-46(41)42(32)31-37/h1-31H. The molecule has 1 aromatic heterocycles. The quantitative estimate of drug-likeness (QED) is 0.163. The number of hydrogen-bond donors (Lipinski definition) is 0. The second-order valence-corrected chi connectivity index (χ2v) is 15.1. The average molecular weight is 689 g/mol. The first-order chi connectivity index (χ1) is 24.3. The molecule has 1 aliphatic rings. The van der Waals surface area contributed by atoms with Crippen LogP contribution in [0.5, 0.6) is 0 Å². The van der Waals surface area contributed by atoms with Crippen molar-refractivity contribution in [2.24, 2.45) is 0 Å². The van der Waals surface area contributed by atoms with Gasteiger partial charge in [0.2, 0.25) is 0 Å². The summed E-state index contributed by atoms with van der Waals surface area (Å²) in [7, 11) is 0. The van der Waals surface area contributed by atoms with E-state index in [4.69, 9.17) is 0 Å². The molecule has 1 heterocycles. The molecule has 0 fully saturated rings. The fraction of sp³-hybridized carbons (Fsp3) is 0.0213. The molecule has 0 saturated heterocycles. The summed E-state index contributed by atoms with van der Waals surface area (Å²) in [5.41, 5.74) is 10.9. The van der Waals surface area contributed by atoms with Gasteiger partial charge in [-0.25, -0.2) is 0 Å². The Balaban J connectivity index is 1.17. The van der Waals surface area contributed by atoms with Crippen molar-refractivity contribution >= 4 is 61.6 Å². The molecule has 0 unspecified atom stereocenters. The molecule has 0 bridgehead atoms. The zero-order valence-corrected chi connectivity index (χ0v) is 28.5. The Morgan fingerprint density at radius 2 is 0.939 bits per heavy atom. The van der Waals surface area contributed by atoms with Gasteiger partial charge in [-0.05, 0) is 0 Å². The first-order valence-electron chi connectivity index (χ1n) is 16.9. The van der Waals surface area contributed by atoms with Crippen LogP contribution < -0.4 is 4.90 Å². The van der Waals surface area contributed by atoms with Crippen molar-refractivity contribution in [3.8, 4) is 11.1 Å². The van der Waals surface area contributed by atoms with E-state index in [0.717, 1.165) is 11.4 Å². The molecule has 1 aliphatic carbocycles. The SMILES string of the molecule is c1ccc(N(c2ccc(C3(c4ccccc4)c4ccccc4-c4ccccc43)cc2)c2ccc3ccc4c5ccccc5[se]c4c3c2)cc1. The summed E-state index contributed by atoms with van der Waals surface area (Å²) in [5.74, 6) is 0. The number of fused-ring (bicyclic) bond motifs is 8. The molecular formula is C47H31NSe. The van der Waals surface area contributed by atoms with Crippen molar-refractivity contribution in [1.29, 1.82) is 0 Å². The number of benzene rings is 8. The molecule has 0 atom stereocenters. The Bertz CT molecular complexity index is 2610. The van der Waals surface area contributed by atoms with E-state index in [1.165, 1.54) is 69.1 Å². The first kappa shape index (κ1) is 28.4. The summed E-state index contributed by atoms with van der Waals surface area (Å²) < 4.78 is 2.96. The number of rotatable bonds is 5. The van der Waals surface area contributed by atoms with Crippen LogP contribution in [0.15, 0.2) is 188 Å². The third kappa shape index (κ3) is 4.25.